The van der Waals surface area contributed by atoms with Gasteiger partial charge in [0, 0.05) is 7.05 Å². The number of aromatic nitrogens is 4. The summed E-state index contributed by atoms with van der Waals surface area (Å²) in [7, 11) is 2.84. The maximum Gasteiger partial charge on any atom is 0.329 e. The third kappa shape index (κ3) is 2.94. The lowest BCUT2D eigenvalue weighted by atomic mass is 10.2. The molecule has 2 heterocycles. The second kappa shape index (κ2) is 6.11. The Kier molecular flexibility index (Phi) is 3.97. The first-order chi connectivity index (χ1) is 11.9. The Bertz CT molecular complexity index is 1170. The van der Waals surface area contributed by atoms with Crippen molar-refractivity contribution in [2.75, 3.05) is 7.11 Å². The predicted octanol–water partition coefficient (Wildman–Crippen LogP) is 0.195. The molecule has 1 aromatic carbocycles. The van der Waals surface area contributed by atoms with Gasteiger partial charge in [0.25, 0.3) is 11.1 Å². The lowest BCUT2D eigenvalue weighted by molar-refractivity contribution is 0.373. The van der Waals surface area contributed by atoms with E-state index in [1.54, 1.807) is 18.2 Å². The summed E-state index contributed by atoms with van der Waals surface area (Å²) in [6.07, 6.45) is 3.01. The molecule has 0 unspecified atom stereocenters. The van der Waals surface area contributed by atoms with Gasteiger partial charge in [-0.1, -0.05) is 12.1 Å². The van der Waals surface area contributed by atoms with Crippen LogP contribution in [0.2, 0.25) is 0 Å². The zero-order valence-corrected chi connectivity index (χ0v) is 13.4. The van der Waals surface area contributed by atoms with E-state index >= 15 is 0 Å². The molecule has 0 radical (unpaired) electrons. The minimum absolute atomic E-state index is 0.00342. The maximum atomic E-state index is 12.1. The first-order valence-electron chi connectivity index (χ1n) is 7.19. The molecule has 0 aliphatic carbocycles. The maximum absolute atomic E-state index is 12.1. The van der Waals surface area contributed by atoms with Crippen LogP contribution in [0.3, 0.4) is 0 Å². The smallest absolute Gasteiger partial charge is 0.329 e. The minimum atomic E-state index is -0.685. The molecule has 0 aliphatic rings. The van der Waals surface area contributed by atoms with Crippen molar-refractivity contribution in [1.29, 1.82) is 0 Å². The van der Waals surface area contributed by atoms with Crippen molar-refractivity contribution in [1.82, 2.24) is 19.5 Å². The molecule has 2 aromatic heterocycles. The van der Waals surface area contributed by atoms with Crippen LogP contribution < -0.4 is 21.5 Å². The van der Waals surface area contributed by atoms with Crippen LogP contribution in [0.4, 0.5) is 0 Å². The molecule has 0 aliphatic heterocycles. The van der Waals surface area contributed by atoms with Crippen molar-refractivity contribution in [3.63, 3.8) is 0 Å². The highest BCUT2D eigenvalue weighted by molar-refractivity contribution is 5.74. The van der Waals surface area contributed by atoms with Gasteiger partial charge in [0.1, 0.15) is 11.3 Å². The van der Waals surface area contributed by atoms with Crippen LogP contribution in [0, 0.1) is 0 Å². The Labute approximate surface area is 139 Å². The average Bonchev–Trinajstić information content (AvgIpc) is 2.59. The fourth-order valence-corrected chi connectivity index (χ4v) is 2.28. The summed E-state index contributed by atoms with van der Waals surface area (Å²) >= 11 is 0. The Morgan fingerprint density at radius 2 is 1.92 bits per heavy atom. The van der Waals surface area contributed by atoms with Crippen molar-refractivity contribution in [2.24, 2.45) is 7.05 Å². The molecule has 0 atom stereocenters. The van der Waals surface area contributed by atoms with E-state index in [1.807, 2.05) is 0 Å². The highest BCUT2D eigenvalue weighted by Crippen LogP contribution is 2.26. The summed E-state index contributed by atoms with van der Waals surface area (Å²) in [5.41, 5.74) is -1.22. The van der Waals surface area contributed by atoms with Crippen LogP contribution in [0.1, 0.15) is 11.3 Å². The van der Waals surface area contributed by atoms with Gasteiger partial charge < -0.3 is 14.8 Å². The van der Waals surface area contributed by atoms with Gasteiger partial charge in [-0.15, -0.1) is 0 Å². The monoisotopic (exact) mass is 342 g/mol. The van der Waals surface area contributed by atoms with E-state index in [-0.39, 0.29) is 28.4 Å². The van der Waals surface area contributed by atoms with Crippen molar-refractivity contribution in [2.45, 2.75) is 0 Å². The van der Waals surface area contributed by atoms with Gasteiger partial charge in [0.05, 0.1) is 7.11 Å². The topological polar surface area (TPSA) is 130 Å². The van der Waals surface area contributed by atoms with E-state index < -0.39 is 16.8 Å². The van der Waals surface area contributed by atoms with Crippen molar-refractivity contribution < 1.29 is 9.84 Å². The van der Waals surface area contributed by atoms with Crippen LogP contribution in [-0.2, 0) is 7.05 Å². The average molecular weight is 342 g/mol. The van der Waals surface area contributed by atoms with E-state index in [0.717, 1.165) is 4.57 Å². The molecule has 128 valence electrons. The number of fused-ring (bicyclic) bond motifs is 1. The van der Waals surface area contributed by atoms with E-state index in [1.165, 1.54) is 26.3 Å². The van der Waals surface area contributed by atoms with Crippen molar-refractivity contribution >= 4 is 23.3 Å². The fourth-order valence-electron chi connectivity index (χ4n) is 2.28. The zero-order valence-electron chi connectivity index (χ0n) is 13.4. The number of ether oxygens (including phenoxy) is 1. The molecule has 0 spiro atoms. The van der Waals surface area contributed by atoms with Gasteiger partial charge in [0.2, 0.25) is 0 Å². The number of rotatable bonds is 3. The van der Waals surface area contributed by atoms with Gasteiger partial charge in [-0.2, -0.15) is 0 Å². The number of nitrogens with zero attached hydrogens (tertiary/aromatic N) is 2. The molecule has 3 N–H and O–H groups in total. The summed E-state index contributed by atoms with van der Waals surface area (Å²) in [6, 6.07) is 4.66. The van der Waals surface area contributed by atoms with E-state index in [4.69, 9.17) is 4.74 Å². The molecule has 0 saturated heterocycles. The second-order valence-electron chi connectivity index (χ2n) is 5.23. The van der Waals surface area contributed by atoms with Crippen LogP contribution >= 0.6 is 0 Å². The molecule has 0 saturated carbocycles. The number of aromatic amines is 2. The summed E-state index contributed by atoms with van der Waals surface area (Å²) in [5.74, 6) is 0.280. The number of aryl methyl sites for hydroxylation is 1. The number of aromatic hydroxyl groups is 1. The molecule has 3 aromatic rings. The highest BCUT2D eigenvalue weighted by atomic mass is 16.5. The van der Waals surface area contributed by atoms with Crippen molar-refractivity contribution in [3.05, 3.63) is 60.6 Å². The largest absolute Gasteiger partial charge is 0.504 e. The number of nitrogens with one attached hydrogen (secondary N) is 2. The number of hydrogen-bond acceptors (Lipinski definition) is 6. The van der Waals surface area contributed by atoms with Gasteiger partial charge >= 0.3 is 5.69 Å². The lowest BCUT2D eigenvalue weighted by Gasteiger charge is -2.04. The Balaban J connectivity index is 2.11. The van der Waals surface area contributed by atoms with Crippen LogP contribution in [0.25, 0.3) is 23.3 Å². The molecule has 3 rings (SSSR count). The number of phenols is 1. The Hall–Kier alpha value is -3.62. The highest BCUT2D eigenvalue weighted by Gasteiger charge is 2.10. The zero-order chi connectivity index (χ0) is 18.1. The molecule has 0 fully saturated rings. The number of methoxy groups -OCH3 is 1. The van der Waals surface area contributed by atoms with Crippen LogP contribution in [0.5, 0.6) is 11.5 Å². The number of H-pyrrole nitrogens is 2. The van der Waals surface area contributed by atoms with Crippen LogP contribution in [0.15, 0.2) is 32.6 Å². The second-order valence-corrected chi connectivity index (χ2v) is 5.23. The molecule has 9 heteroatoms. The van der Waals surface area contributed by atoms with Crippen LogP contribution in [-0.4, -0.2) is 31.7 Å². The van der Waals surface area contributed by atoms with Gasteiger partial charge in [-0.3, -0.25) is 19.1 Å². The van der Waals surface area contributed by atoms with Crippen molar-refractivity contribution in [3.8, 4) is 11.5 Å². The summed E-state index contributed by atoms with van der Waals surface area (Å²) in [6.45, 7) is 0. The standard InChI is InChI=1S/C16H14N4O5/c1-20-13-12(15(23)19-16(20)24)17-9(14(22)18-13)5-3-8-4-6-10(21)11(7-8)25-2/h3-7,21H,1-2H3,(H,18,22)(H,19,23,24). The third-order valence-corrected chi connectivity index (χ3v) is 3.63. The minimum Gasteiger partial charge on any atom is -0.504 e. The van der Waals surface area contributed by atoms with Gasteiger partial charge in [-0.05, 0) is 23.8 Å². The molecular formula is C16H14N4O5. The normalized spacial score (nSPS) is 11.3. The SMILES string of the molecule is COc1cc(C=Cc2nc3c(=O)[nH]c(=O)n(C)c3[nH]c2=O)ccc1O. The Morgan fingerprint density at radius 1 is 1.16 bits per heavy atom. The molecule has 0 bridgehead atoms. The van der Waals surface area contributed by atoms with E-state index in [2.05, 4.69) is 15.0 Å². The van der Waals surface area contributed by atoms with Gasteiger partial charge in [-0.25, -0.2) is 9.78 Å². The van der Waals surface area contributed by atoms with E-state index in [0.29, 0.717) is 5.56 Å². The molecule has 9 nitrogen and oxygen atoms in total. The van der Waals surface area contributed by atoms with Gasteiger partial charge in [0.15, 0.2) is 17.0 Å². The number of phenolic OH excluding ortho intramolecular Hbond substituents is 1. The quantitative estimate of drug-likeness (QED) is 0.623. The summed E-state index contributed by atoms with van der Waals surface area (Å²) in [5, 5.41) is 9.58. The molecule has 0 amide bonds. The third-order valence-electron chi connectivity index (χ3n) is 3.63. The predicted molar refractivity (Wildman–Crippen MR) is 91.8 cm³/mol. The molecule has 25 heavy (non-hydrogen) atoms. The first kappa shape index (κ1) is 16.2. The summed E-state index contributed by atoms with van der Waals surface area (Å²) in [4.78, 5) is 44.2. The summed E-state index contributed by atoms with van der Waals surface area (Å²) < 4.78 is 6.11. The lowest BCUT2D eigenvalue weighted by Crippen LogP contribution is -2.31. The van der Waals surface area contributed by atoms with E-state index in [9.17, 15) is 19.5 Å². The molecular weight excluding hydrogens is 328 g/mol. The fraction of sp³-hybridized carbons (Fsp3) is 0.125. The number of benzene rings is 1. The number of hydrogen-bond donors (Lipinski definition) is 3. The first-order valence-corrected chi connectivity index (χ1v) is 7.19. The Morgan fingerprint density at radius 3 is 2.64 bits per heavy atom.